The molecule has 1 heterocycles. The van der Waals surface area contributed by atoms with Crippen molar-refractivity contribution in [2.45, 2.75) is 0 Å². The van der Waals surface area contributed by atoms with Crippen LogP contribution in [0.2, 0.25) is 0 Å². The Kier molecular flexibility index (Phi) is 3.51. The van der Waals surface area contributed by atoms with E-state index in [1.54, 1.807) is 24.3 Å². The van der Waals surface area contributed by atoms with Crippen molar-refractivity contribution in [3.8, 4) is 11.5 Å². The van der Waals surface area contributed by atoms with Gasteiger partial charge in [-0.2, -0.15) is 0 Å². The van der Waals surface area contributed by atoms with Gasteiger partial charge in [-0.25, -0.2) is 0 Å². The van der Waals surface area contributed by atoms with Crippen LogP contribution in [0.3, 0.4) is 0 Å². The first-order chi connectivity index (χ1) is 10.2. The molecule has 1 aliphatic heterocycles. The average molecular weight is 283 g/mol. The third-order valence-corrected chi connectivity index (χ3v) is 3.07. The van der Waals surface area contributed by atoms with E-state index in [1.807, 2.05) is 18.2 Å². The van der Waals surface area contributed by atoms with Crippen LogP contribution in [0.4, 0.5) is 5.69 Å². The van der Waals surface area contributed by atoms with Gasteiger partial charge in [-0.05, 0) is 18.2 Å². The van der Waals surface area contributed by atoms with Gasteiger partial charge in [0.05, 0.1) is 11.5 Å². The molecule has 3 rings (SSSR count). The topological polar surface area (TPSA) is 76.8 Å². The summed E-state index contributed by atoms with van der Waals surface area (Å²) in [4.78, 5) is 14.9. The van der Waals surface area contributed by atoms with Crippen molar-refractivity contribution in [2.24, 2.45) is 4.99 Å². The largest absolute Gasteiger partial charge is 0.450 e. The fourth-order valence-electron chi connectivity index (χ4n) is 2.12. The molecule has 2 aromatic carbocycles. The molecule has 1 aliphatic rings. The van der Waals surface area contributed by atoms with Crippen molar-refractivity contribution in [2.75, 3.05) is 13.1 Å². The van der Waals surface area contributed by atoms with Gasteiger partial charge in [0.1, 0.15) is 11.6 Å². The minimum atomic E-state index is -0.457. The minimum absolute atomic E-state index is 0.0563. The first kappa shape index (κ1) is 13.1. The number of nitro benzene ring substituents is 1. The lowest BCUT2D eigenvalue weighted by atomic mass is 10.2. The molecule has 2 aromatic rings. The Bertz CT molecular complexity index is 713. The molecule has 21 heavy (non-hydrogen) atoms. The van der Waals surface area contributed by atoms with E-state index in [0.29, 0.717) is 5.75 Å². The minimum Gasteiger partial charge on any atom is -0.450 e. The van der Waals surface area contributed by atoms with Crippen molar-refractivity contribution >= 4 is 11.5 Å². The molecule has 0 spiro atoms. The molecule has 0 saturated heterocycles. The maximum absolute atomic E-state index is 11.0. The van der Waals surface area contributed by atoms with E-state index in [4.69, 9.17) is 4.74 Å². The molecule has 0 atom stereocenters. The molecule has 6 heteroatoms. The predicted molar refractivity (Wildman–Crippen MR) is 79.0 cm³/mol. The highest BCUT2D eigenvalue weighted by atomic mass is 16.6. The first-order valence-electron chi connectivity index (χ1n) is 6.54. The Morgan fingerprint density at radius 3 is 2.81 bits per heavy atom. The summed E-state index contributed by atoms with van der Waals surface area (Å²) in [5, 5.41) is 14.2. The van der Waals surface area contributed by atoms with Gasteiger partial charge in [0.15, 0.2) is 0 Å². The fraction of sp³-hybridized carbons (Fsp3) is 0.133. The highest BCUT2D eigenvalue weighted by molar-refractivity contribution is 6.00. The van der Waals surface area contributed by atoms with Gasteiger partial charge in [-0.15, -0.1) is 0 Å². The van der Waals surface area contributed by atoms with E-state index in [2.05, 4.69) is 10.3 Å². The van der Waals surface area contributed by atoms with Gasteiger partial charge in [0.2, 0.25) is 5.75 Å². The summed E-state index contributed by atoms with van der Waals surface area (Å²) in [6.45, 7) is 1.58. The number of rotatable bonds is 4. The second-order valence-corrected chi connectivity index (χ2v) is 4.51. The van der Waals surface area contributed by atoms with Gasteiger partial charge in [-0.1, -0.05) is 24.3 Å². The predicted octanol–water partition coefficient (Wildman–Crippen LogP) is 2.74. The Morgan fingerprint density at radius 1 is 1.19 bits per heavy atom. The van der Waals surface area contributed by atoms with Crippen LogP contribution in [0.5, 0.6) is 11.5 Å². The SMILES string of the molecule is O=[N+]([O-])c1ccccc1Oc1cccc(C2=NCCN2)c1. The summed E-state index contributed by atoms with van der Waals surface area (Å²) in [6.07, 6.45) is 0. The van der Waals surface area contributed by atoms with Gasteiger partial charge >= 0.3 is 5.69 Å². The molecule has 0 amide bonds. The van der Waals surface area contributed by atoms with E-state index in [9.17, 15) is 10.1 Å². The molecular formula is C15H13N3O3. The Labute approximate surface area is 121 Å². The molecule has 0 bridgehead atoms. The molecule has 0 aliphatic carbocycles. The molecule has 0 saturated carbocycles. The number of nitro groups is 1. The maximum atomic E-state index is 11.0. The van der Waals surface area contributed by atoms with Crippen molar-refractivity contribution < 1.29 is 9.66 Å². The zero-order valence-electron chi connectivity index (χ0n) is 11.2. The van der Waals surface area contributed by atoms with Gasteiger partial charge in [-0.3, -0.25) is 15.1 Å². The third-order valence-electron chi connectivity index (χ3n) is 3.07. The summed E-state index contributed by atoms with van der Waals surface area (Å²) >= 11 is 0. The van der Waals surface area contributed by atoms with Gasteiger partial charge in [0, 0.05) is 18.2 Å². The molecule has 106 valence electrons. The lowest BCUT2D eigenvalue weighted by molar-refractivity contribution is -0.385. The summed E-state index contributed by atoms with van der Waals surface area (Å²) in [5.74, 6) is 1.59. The summed E-state index contributed by atoms with van der Waals surface area (Å²) < 4.78 is 5.65. The second-order valence-electron chi connectivity index (χ2n) is 4.51. The number of nitrogens with zero attached hydrogens (tertiary/aromatic N) is 2. The lowest BCUT2D eigenvalue weighted by Gasteiger charge is -2.08. The molecule has 0 radical (unpaired) electrons. The van der Waals surface area contributed by atoms with Crippen LogP contribution in [0.25, 0.3) is 0 Å². The number of aliphatic imine (C=N–C) groups is 1. The lowest BCUT2D eigenvalue weighted by Crippen LogP contribution is -2.19. The Balaban J connectivity index is 1.89. The van der Waals surface area contributed by atoms with Crippen molar-refractivity contribution in [1.82, 2.24) is 5.32 Å². The summed E-state index contributed by atoms with van der Waals surface area (Å²) in [5.41, 5.74) is 0.850. The Hall–Kier alpha value is -2.89. The molecule has 0 fully saturated rings. The number of para-hydroxylation sites is 2. The molecule has 0 unspecified atom stereocenters. The second kappa shape index (κ2) is 5.62. The molecular weight excluding hydrogens is 270 g/mol. The van der Waals surface area contributed by atoms with E-state index in [0.717, 1.165) is 24.5 Å². The quantitative estimate of drug-likeness (QED) is 0.691. The van der Waals surface area contributed by atoms with Crippen LogP contribution in [0, 0.1) is 10.1 Å². The fourth-order valence-corrected chi connectivity index (χ4v) is 2.12. The average Bonchev–Trinajstić information content (AvgIpc) is 3.02. The number of hydrogen-bond donors (Lipinski definition) is 1. The van der Waals surface area contributed by atoms with Crippen LogP contribution >= 0.6 is 0 Å². The Morgan fingerprint density at radius 2 is 2.05 bits per heavy atom. The smallest absolute Gasteiger partial charge is 0.311 e. The summed E-state index contributed by atoms with van der Waals surface area (Å²) in [6, 6.07) is 13.6. The van der Waals surface area contributed by atoms with Gasteiger partial charge in [0.25, 0.3) is 0 Å². The number of benzene rings is 2. The highest BCUT2D eigenvalue weighted by Crippen LogP contribution is 2.31. The van der Waals surface area contributed by atoms with Crippen molar-refractivity contribution in [3.63, 3.8) is 0 Å². The van der Waals surface area contributed by atoms with E-state index in [-0.39, 0.29) is 11.4 Å². The highest BCUT2D eigenvalue weighted by Gasteiger charge is 2.15. The number of amidine groups is 1. The van der Waals surface area contributed by atoms with Crippen LogP contribution < -0.4 is 10.1 Å². The zero-order chi connectivity index (χ0) is 14.7. The molecule has 0 aromatic heterocycles. The maximum Gasteiger partial charge on any atom is 0.311 e. The van der Waals surface area contributed by atoms with Crippen LogP contribution in [-0.2, 0) is 0 Å². The summed E-state index contributed by atoms with van der Waals surface area (Å²) in [7, 11) is 0. The number of hydrogen-bond acceptors (Lipinski definition) is 5. The third kappa shape index (κ3) is 2.84. The van der Waals surface area contributed by atoms with Crippen LogP contribution in [0.1, 0.15) is 5.56 Å². The molecule has 1 N–H and O–H groups in total. The number of nitrogens with one attached hydrogen (secondary N) is 1. The molecule has 6 nitrogen and oxygen atoms in total. The number of ether oxygens (including phenoxy) is 1. The normalized spacial score (nSPS) is 13.4. The zero-order valence-corrected chi connectivity index (χ0v) is 11.2. The monoisotopic (exact) mass is 283 g/mol. The van der Waals surface area contributed by atoms with E-state index in [1.165, 1.54) is 6.07 Å². The van der Waals surface area contributed by atoms with E-state index < -0.39 is 4.92 Å². The van der Waals surface area contributed by atoms with E-state index >= 15 is 0 Å². The van der Waals surface area contributed by atoms with Gasteiger partial charge < -0.3 is 10.1 Å². The first-order valence-corrected chi connectivity index (χ1v) is 6.54. The standard InChI is InChI=1S/C15H13N3O3/c19-18(20)13-6-1-2-7-14(13)21-12-5-3-4-11(10-12)15-16-8-9-17-15/h1-7,10H,8-9H2,(H,16,17). The van der Waals surface area contributed by atoms with Crippen molar-refractivity contribution in [1.29, 1.82) is 0 Å². The van der Waals surface area contributed by atoms with Crippen LogP contribution in [0.15, 0.2) is 53.5 Å². The van der Waals surface area contributed by atoms with Crippen molar-refractivity contribution in [3.05, 3.63) is 64.2 Å². The van der Waals surface area contributed by atoms with Crippen LogP contribution in [-0.4, -0.2) is 23.8 Å².